The average molecular weight is 160 g/mol. The molecule has 0 atom stereocenters. The second-order valence-electron chi connectivity index (χ2n) is 2.61. The maximum absolute atomic E-state index is 10.2. The van der Waals surface area contributed by atoms with Crippen LogP contribution in [0.3, 0.4) is 0 Å². The second-order valence-corrected chi connectivity index (χ2v) is 2.61. The molecule has 0 aromatic carbocycles. The highest BCUT2D eigenvalue weighted by atomic mass is 16.6. The number of hydrogen-bond acceptors (Lipinski definition) is 3. The molecular formula is C6H8O5. The number of carbonyl (C=O) groups is 2. The SMILES string of the molecule is O=C(O)CC1(CC(=O)O)CO1. The van der Waals surface area contributed by atoms with Crippen molar-refractivity contribution in [3.8, 4) is 0 Å². The van der Waals surface area contributed by atoms with E-state index in [-0.39, 0.29) is 19.4 Å². The molecule has 0 spiro atoms. The van der Waals surface area contributed by atoms with Crippen LogP contribution in [-0.4, -0.2) is 34.4 Å². The molecule has 62 valence electrons. The lowest BCUT2D eigenvalue weighted by Gasteiger charge is -2.03. The Morgan fingerprint density at radius 3 is 1.82 bits per heavy atom. The average Bonchev–Trinajstić information content (AvgIpc) is 2.43. The van der Waals surface area contributed by atoms with E-state index in [2.05, 4.69) is 0 Å². The Morgan fingerprint density at radius 2 is 1.64 bits per heavy atom. The van der Waals surface area contributed by atoms with Crippen LogP contribution < -0.4 is 0 Å². The number of rotatable bonds is 4. The second kappa shape index (κ2) is 2.50. The van der Waals surface area contributed by atoms with Gasteiger partial charge in [-0.2, -0.15) is 0 Å². The Labute approximate surface area is 62.6 Å². The van der Waals surface area contributed by atoms with Crippen LogP contribution >= 0.6 is 0 Å². The van der Waals surface area contributed by atoms with E-state index in [9.17, 15) is 9.59 Å². The first-order valence-electron chi connectivity index (χ1n) is 3.12. The minimum Gasteiger partial charge on any atom is -0.481 e. The molecule has 0 aromatic rings. The van der Waals surface area contributed by atoms with E-state index in [4.69, 9.17) is 14.9 Å². The number of epoxide rings is 1. The van der Waals surface area contributed by atoms with Crippen LogP contribution in [0.1, 0.15) is 12.8 Å². The summed E-state index contributed by atoms with van der Waals surface area (Å²) in [6.07, 6.45) is -0.446. The van der Waals surface area contributed by atoms with Crippen molar-refractivity contribution < 1.29 is 24.5 Å². The molecule has 2 N–H and O–H groups in total. The van der Waals surface area contributed by atoms with E-state index >= 15 is 0 Å². The van der Waals surface area contributed by atoms with E-state index < -0.39 is 17.5 Å². The van der Waals surface area contributed by atoms with Gasteiger partial charge in [0.25, 0.3) is 0 Å². The zero-order valence-electron chi connectivity index (χ0n) is 5.74. The molecule has 11 heavy (non-hydrogen) atoms. The van der Waals surface area contributed by atoms with Gasteiger partial charge in [0.2, 0.25) is 0 Å². The number of carboxylic acid groups (broad SMARTS) is 2. The Hall–Kier alpha value is -1.10. The fraction of sp³-hybridized carbons (Fsp3) is 0.667. The van der Waals surface area contributed by atoms with Crippen molar-refractivity contribution in [3.05, 3.63) is 0 Å². The molecule has 0 amide bonds. The highest BCUT2D eigenvalue weighted by Crippen LogP contribution is 2.34. The summed E-state index contributed by atoms with van der Waals surface area (Å²) in [6, 6.07) is 0. The monoisotopic (exact) mass is 160 g/mol. The lowest BCUT2D eigenvalue weighted by atomic mass is 10.0. The fourth-order valence-corrected chi connectivity index (χ4v) is 0.920. The minimum absolute atomic E-state index is 0.223. The Bertz CT molecular complexity index is 175. The van der Waals surface area contributed by atoms with Crippen LogP contribution in [0.25, 0.3) is 0 Å². The molecule has 1 fully saturated rings. The predicted octanol–water partition coefficient (Wildman–Crippen LogP) is -0.295. The molecule has 5 nitrogen and oxygen atoms in total. The Balaban J connectivity index is 2.41. The van der Waals surface area contributed by atoms with Gasteiger partial charge >= 0.3 is 11.9 Å². The summed E-state index contributed by atoms with van der Waals surface area (Å²) < 4.78 is 4.76. The van der Waals surface area contributed by atoms with Crippen LogP contribution in [0.4, 0.5) is 0 Å². The third-order valence-electron chi connectivity index (χ3n) is 1.50. The van der Waals surface area contributed by atoms with E-state index in [0.29, 0.717) is 0 Å². The summed E-state index contributed by atoms with van der Waals surface area (Å²) in [5, 5.41) is 16.7. The van der Waals surface area contributed by atoms with Crippen LogP contribution in [0.15, 0.2) is 0 Å². The van der Waals surface area contributed by atoms with E-state index in [1.807, 2.05) is 0 Å². The zero-order valence-corrected chi connectivity index (χ0v) is 5.74. The third kappa shape index (κ3) is 2.19. The third-order valence-corrected chi connectivity index (χ3v) is 1.50. The molecule has 1 aliphatic rings. The van der Waals surface area contributed by atoms with Crippen molar-refractivity contribution in [1.82, 2.24) is 0 Å². The molecular weight excluding hydrogens is 152 g/mol. The Morgan fingerprint density at radius 1 is 1.27 bits per heavy atom. The number of aliphatic carboxylic acids is 2. The van der Waals surface area contributed by atoms with Crippen molar-refractivity contribution in [3.63, 3.8) is 0 Å². The van der Waals surface area contributed by atoms with Gasteiger partial charge in [-0.1, -0.05) is 0 Å². The fourth-order valence-electron chi connectivity index (χ4n) is 0.920. The number of hydrogen-bond donors (Lipinski definition) is 2. The number of carboxylic acids is 2. The van der Waals surface area contributed by atoms with Gasteiger partial charge in [-0.05, 0) is 0 Å². The normalized spacial score (nSPS) is 19.3. The zero-order chi connectivity index (χ0) is 8.48. The van der Waals surface area contributed by atoms with Gasteiger partial charge in [-0.3, -0.25) is 9.59 Å². The van der Waals surface area contributed by atoms with E-state index in [0.717, 1.165) is 0 Å². The molecule has 0 bridgehead atoms. The van der Waals surface area contributed by atoms with Crippen molar-refractivity contribution in [2.45, 2.75) is 18.4 Å². The van der Waals surface area contributed by atoms with Crippen LogP contribution in [0, 0.1) is 0 Å². The van der Waals surface area contributed by atoms with Gasteiger partial charge in [-0.25, -0.2) is 0 Å². The standard InChI is InChI=1S/C6H8O5/c7-4(8)1-6(3-11-6)2-5(9)10/h1-3H2,(H,7,8)(H,9,10). The predicted molar refractivity (Wildman–Crippen MR) is 33.2 cm³/mol. The van der Waals surface area contributed by atoms with E-state index in [1.54, 1.807) is 0 Å². The summed E-state index contributed by atoms with van der Waals surface area (Å²) in [7, 11) is 0. The van der Waals surface area contributed by atoms with Gasteiger partial charge < -0.3 is 14.9 Å². The van der Waals surface area contributed by atoms with Crippen LogP contribution in [-0.2, 0) is 14.3 Å². The molecule has 1 aliphatic heterocycles. The first-order chi connectivity index (χ1) is 5.04. The van der Waals surface area contributed by atoms with Crippen molar-refractivity contribution in [2.24, 2.45) is 0 Å². The van der Waals surface area contributed by atoms with Gasteiger partial charge in [-0.15, -0.1) is 0 Å². The molecule has 5 heteroatoms. The molecule has 1 rings (SSSR count). The van der Waals surface area contributed by atoms with Gasteiger partial charge in [0, 0.05) is 0 Å². The van der Waals surface area contributed by atoms with Crippen molar-refractivity contribution in [2.75, 3.05) is 6.61 Å². The summed E-state index contributed by atoms with van der Waals surface area (Å²) >= 11 is 0. The number of ether oxygens (including phenoxy) is 1. The summed E-state index contributed by atoms with van der Waals surface area (Å²) in [5.41, 5.74) is -0.905. The summed E-state index contributed by atoms with van der Waals surface area (Å²) in [6.45, 7) is 0.242. The Kier molecular flexibility index (Phi) is 1.82. The first kappa shape index (κ1) is 8.00. The first-order valence-corrected chi connectivity index (χ1v) is 3.12. The highest BCUT2D eigenvalue weighted by Gasteiger charge is 2.48. The minimum atomic E-state index is -1.02. The van der Waals surface area contributed by atoms with E-state index in [1.165, 1.54) is 0 Å². The van der Waals surface area contributed by atoms with Gasteiger partial charge in [0.05, 0.1) is 19.4 Å². The maximum Gasteiger partial charge on any atom is 0.306 e. The molecule has 1 saturated heterocycles. The topological polar surface area (TPSA) is 87.1 Å². The molecule has 0 aliphatic carbocycles. The van der Waals surface area contributed by atoms with Gasteiger partial charge in [0.1, 0.15) is 5.60 Å². The van der Waals surface area contributed by atoms with Gasteiger partial charge in [0.15, 0.2) is 0 Å². The summed E-state index contributed by atoms with van der Waals surface area (Å²) in [5.74, 6) is -2.05. The van der Waals surface area contributed by atoms with Crippen LogP contribution in [0.5, 0.6) is 0 Å². The smallest absolute Gasteiger partial charge is 0.306 e. The van der Waals surface area contributed by atoms with Crippen molar-refractivity contribution >= 4 is 11.9 Å². The molecule has 0 radical (unpaired) electrons. The molecule has 0 unspecified atom stereocenters. The molecule has 0 saturated carbocycles. The lowest BCUT2D eigenvalue weighted by Crippen LogP contribution is -2.20. The molecule has 0 aromatic heterocycles. The lowest BCUT2D eigenvalue weighted by molar-refractivity contribution is -0.141. The van der Waals surface area contributed by atoms with Crippen LogP contribution in [0.2, 0.25) is 0 Å². The maximum atomic E-state index is 10.2. The summed E-state index contributed by atoms with van der Waals surface area (Å²) in [4.78, 5) is 20.3. The largest absolute Gasteiger partial charge is 0.481 e. The highest BCUT2D eigenvalue weighted by molar-refractivity contribution is 5.73. The quantitative estimate of drug-likeness (QED) is 0.551. The molecule has 1 heterocycles. The van der Waals surface area contributed by atoms with Crippen molar-refractivity contribution in [1.29, 1.82) is 0 Å².